The van der Waals surface area contributed by atoms with Crippen molar-refractivity contribution in [2.45, 2.75) is 6.54 Å². The largest absolute Gasteiger partial charge is 0.497 e. The molecule has 0 spiro atoms. The molecule has 0 saturated carbocycles. The van der Waals surface area contributed by atoms with Gasteiger partial charge in [-0.15, -0.1) is 0 Å². The predicted molar refractivity (Wildman–Crippen MR) is 61.4 cm³/mol. The summed E-state index contributed by atoms with van der Waals surface area (Å²) in [6, 6.07) is 5.62. The summed E-state index contributed by atoms with van der Waals surface area (Å²) in [6.07, 6.45) is 0. The molecule has 1 aromatic rings. The molecule has 15 heavy (non-hydrogen) atoms. The van der Waals surface area contributed by atoms with Gasteiger partial charge in [0, 0.05) is 18.1 Å². The topological polar surface area (TPSA) is 32.7 Å². The van der Waals surface area contributed by atoms with Crippen molar-refractivity contribution in [3.8, 4) is 5.75 Å². The van der Waals surface area contributed by atoms with Crippen LogP contribution in [0.5, 0.6) is 5.75 Å². The van der Waals surface area contributed by atoms with Crippen LogP contribution in [0.3, 0.4) is 0 Å². The Morgan fingerprint density at radius 1 is 1.47 bits per heavy atom. The molecule has 0 bridgehead atoms. The fourth-order valence-electron chi connectivity index (χ4n) is 1.32. The van der Waals surface area contributed by atoms with Gasteiger partial charge in [-0.05, 0) is 24.7 Å². The summed E-state index contributed by atoms with van der Waals surface area (Å²) < 4.78 is 5.06. The average molecular weight is 230 g/mol. The number of hydrogen-bond acceptors (Lipinski definition) is 3. The summed E-state index contributed by atoms with van der Waals surface area (Å²) in [7, 11) is 3.56. The van der Waals surface area contributed by atoms with Gasteiger partial charge < -0.3 is 9.84 Å². The number of aliphatic hydroxyl groups excluding tert-OH is 1. The first-order chi connectivity index (χ1) is 7.17. The molecular formula is C11H16ClNO2. The molecule has 0 atom stereocenters. The first kappa shape index (κ1) is 12.3. The Balaban J connectivity index is 2.69. The number of methoxy groups -OCH3 is 1. The smallest absolute Gasteiger partial charge is 0.120 e. The summed E-state index contributed by atoms with van der Waals surface area (Å²) in [5.74, 6) is 0.758. The van der Waals surface area contributed by atoms with E-state index in [1.54, 1.807) is 13.2 Å². The van der Waals surface area contributed by atoms with Crippen LogP contribution in [0.25, 0.3) is 0 Å². The van der Waals surface area contributed by atoms with Gasteiger partial charge in [0.05, 0.1) is 13.7 Å². The third kappa shape index (κ3) is 3.70. The molecular weight excluding hydrogens is 214 g/mol. The van der Waals surface area contributed by atoms with E-state index in [1.165, 1.54) is 0 Å². The zero-order valence-electron chi connectivity index (χ0n) is 9.03. The SMILES string of the molecule is COc1ccc(CN(C)CCO)c(Cl)c1. The van der Waals surface area contributed by atoms with Gasteiger partial charge in [-0.2, -0.15) is 0 Å². The number of nitrogens with zero attached hydrogens (tertiary/aromatic N) is 1. The van der Waals surface area contributed by atoms with E-state index < -0.39 is 0 Å². The Hall–Kier alpha value is -0.770. The Morgan fingerprint density at radius 2 is 2.20 bits per heavy atom. The molecule has 1 rings (SSSR count). The molecule has 0 radical (unpaired) electrons. The summed E-state index contributed by atoms with van der Waals surface area (Å²) in [5, 5.41) is 9.47. The first-order valence-electron chi connectivity index (χ1n) is 4.79. The Bertz CT molecular complexity index is 317. The van der Waals surface area contributed by atoms with E-state index in [4.69, 9.17) is 21.4 Å². The highest BCUT2D eigenvalue weighted by atomic mass is 35.5. The quantitative estimate of drug-likeness (QED) is 0.836. The van der Waals surface area contributed by atoms with Crippen LogP contribution in [0, 0.1) is 0 Å². The van der Waals surface area contributed by atoms with E-state index >= 15 is 0 Å². The lowest BCUT2D eigenvalue weighted by Crippen LogP contribution is -2.21. The van der Waals surface area contributed by atoms with Crippen molar-refractivity contribution >= 4 is 11.6 Å². The summed E-state index contributed by atoms with van der Waals surface area (Å²) >= 11 is 6.08. The van der Waals surface area contributed by atoms with Crippen molar-refractivity contribution in [1.82, 2.24) is 4.90 Å². The summed E-state index contributed by atoms with van der Waals surface area (Å²) in [6.45, 7) is 1.52. The molecule has 0 aliphatic heterocycles. The van der Waals surface area contributed by atoms with Gasteiger partial charge in [-0.3, -0.25) is 4.90 Å². The first-order valence-corrected chi connectivity index (χ1v) is 5.17. The number of likely N-dealkylation sites (N-methyl/N-ethyl adjacent to an activating group) is 1. The minimum atomic E-state index is 0.157. The van der Waals surface area contributed by atoms with Gasteiger partial charge in [0.25, 0.3) is 0 Å². The second-order valence-electron chi connectivity index (χ2n) is 3.42. The van der Waals surface area contributed by atoms with Crippen LogP contribution in [0.2, 0.25) is 5.02 Å². The highest BCUT2D eigenvalue weighted by molar-refractivity contribution is 6.31. The van der Waals surface area contributed by atoms with Crippen molar-refractivity contribution < 1.29 is 9.84 Å². The third-order valence-electron chi connectivity index (χ3n) is 2.18. The standard InChI is InChI=1S/C11H16ClNO2/c1-13(5-6-14)8-9-3-4-10(15-2)7-11(9)12/h3-4,7,14H,5-6,8H2,1-2H3. The molecule has 0 aliphatic carbocycles. The normalized spacial score (nSPS) is 10.7. The average Bonchev–Trinajstić information content (AvgIpc) is 2.21. The highest BCUT2D eigenvalue weighted by Crippen LogP contribution is 2.23. The number of benzene rings is 1. The molecule has 0 aromatic heterocycles. The molecule has 0 heterocycles. The van der Waals surface area contributed by atoms with Crippen LogP contribution < -0.4 is 4.74 Å². The number of ether oxygens (including phenoxy) is 1. The van der Waals surface area contributed by atoms with Crippen LogP contribution in [0.4, 0.5) is 0 Å². The molecule has 0 amide bonds. The highest BCUT2D eigenvalue weighted by Gasteiger charge is 2.05. The lowest BCUT2D eigenvalue weighted by atomic mass is 10.2. The fraction of sp³-hybridized carbons (Fsp3) is 0.455. The van der Waals surface area contributed by atoms with Crippen LogP contribution in [-0.2, 0) is 6.54 Å². The van der Waals surface area contributed by atoms with Crippen molar-refractivity contribution in [1.29, 1.82) is 0 Å². The molecule has 1 N–H and O–H groups in total. The van der Waals surface area contributed by atoms with E-state index in [-0.39, 0.29) is 6.61 Å². The Morgan fingerprint density at radius 3 is 2.73 bits per heavy atom. The van der Waals surface area contributed by atoms with Crippen LogP contribution >= 0.6 is 11.6 Å². The van der Waals surface area contributed by atoms with Crippen molar-refractivity contribution in [2.75, 3.05) is 27.3 Å². The Kier molecular flexibility index (Phi) is 4.88. The maximum Gasteiger partial charge on any atom is 0.120 e. The fourth-order valence-corrected chi connectivity index (χ4v) is 1.55. The van der Waals surface area contributed by atoms with Gasteiger partial charge in [-0.25, -0.2) is 0 Å². The van der Waals surface area contributed by atoms with Crippen molar-refractivity contribution in [3.63, 3.8) is 0 Å². The van der Waals surface area contributed by atoms with E-state index in [1.807, 2.05) is 24.1 Å². The molecule has 84 valence electrons. The maximum absolute atomic E-state index is 8.77. The minimum absolute atomic E-state index is 0.157. The number of halogens is 1. The maximum atomic E-state index is 8.77. The third-order valence-corrected chi connectivity index (χ3v) is 2.53. The van der Waals surface area contributed by atoms with E-state index in [9.17, 15) is 0 Å². The van der Waals surface area contributed by atoms with Crippen LogP contribution in [0.15, 0.2) is 18.2 Å². The molecule has 0 saturated heterocycles. The lowest BCUT2D eigenvalue weighted by Gasteiger charge is -2.16. The zero-order chi connectivity index (χ0) is 11.3. The van der Waals surface area contributed by atoms with Crippen molar-refractivity contribution in [2.24, 2.45) is 0 Å². The minimum Gasteiger partial charge on any atom is -0.497 e. The lowest BCUT2D eigenvalue weighted by molar-refractivity contribution is 0.217. The second-order valence-corrected chi connectivity index (χ2v) is 3.83. The van der Waals surface area contributed by atoms with Gasteiger partial charge in [-0.1, -0.05) is 17.7 Å². The monoisotopic (exact) mass is 229 g/mol. The number of aliphatic hydroxyl groups is 1. The van der Waals surface area contributed by atoms with E-state index in [0.29, 0.717) is 11.6 Å². The van der Waals surface area contributed by atoms with Gasteiger partial charge >= 0.3 is 0 Å². The molecule has 0 aliphatic rings. The number of rotatable bonds is 5. The molecule has 1 aromatic carbocycles. The summed E-state index contributed by atoms with van der Waals surface area (Å²) in [5.41, 5.74) is 1.04. The van der Waals surface area contributed by atoms with Gasteiger partial charge in [0.2, 0.25) is 0 Å². The molecule has 4 heteroatoms. The summed E-state index contributed by atoms with van der Waals surface area (Å²) in [4.78, 5) is 2.01. The second kappa shape index (κ2) is 5.95. The van der Waals surface area contributed by atoms with Gasteiger partial charge in [0.15, 0.2) is 0 Å². The van der Waals surface area contributed by atoms with Gasteiger partial charge in [0.1, 0.15) is 5.75 Å². The predicted octanol–water partition coefficient (Wildman–Crippen LogP) is 1.77. The zero-order valence-corrected chi connectivity index (χ0v) is 9.79. The van der Waals surface area contributed by atoms with E-state index in [0.717, 1.165) is 17.9 Å². The Labute approximate surface area is 95.2 Å². The van der Waals surface area contributed by atoms with Crippen LogP contribution in [-0.4, -0.2) is 37.3 Å². The van der Waals surface area contributed by atoms with Crippen LogP contribution in [0.1, 0.15) is 5.56 Å². The number of hydrogen-bond donors (Lipinski definition) is 1. The molecule has 0 unspecified atom stereocenters. The molecule has 0 fully saturated rings. The molecule has 3 nitrogen and oxygen atoms in total. The van der Waals surface area contributed by atoms with Crippen molar-refractivity contribution in [3.05, 3.63) is 28.8 Å². The van der Waals surface area contributed by atoms with E-state index in [2.05, 4.69) is 0 Å².